The van der Waals surface area contributed by atoms with Gasteiger partial charge in [0.2, 0.25) is 0 Å². The van der Waals surface area contributed by atoms with Crippen LogP contribution in [0.25, 0.3) is 21.9 Å². The third kappa shape index (κ3) is 4.03. The predicted octanol–water partition coefficient (Wildman–Crippen LogP) is 9.58. The fraction of sp³-hybridized carbons (Fsp3) is 0.543. The van der Waals surface area contributed by atoms with Crippen molar-refractivity contribution in [2.75, 3.05) is 7.11 Å². The number of aryl methyl sites for hydroxylation is 1. The summed E-state index contributed by atoms with van der Waals surface area (Å²) in [5.41, 5.74) is 9.05. The molecule has 3 aromatic rings. The molecule has 3 aliphatic carbocycles. The number of methoxy groups -OCH3 is 1. The van der Waals surface area contributed by atoms with E-state index in [1.54, 1.807) is 5.56 Å². The summed E-state index contributed by atoms with van der Waals surface area (Å²) in [7, 11) is 1.89. The Morgan fingerprint density at radius 1 is 0.778 bits per heavy atom. The molecule has 0 saturated heterocycles. The van der Waals surface area contributed by atoms with Gasteiger partial charge in [-0.3, -0.25) is 0 Å². The fourth-order valence-corrected chi connectivity index (χ4v) is 8.13. The van der Waals surface area contributed by atoms with Crippen molar-refractivity contribution < 1.29 is 4.74 Å². The van der Waals surface area contributed by atoms with E-state index in [4.69, 9.17) is 4.74 Å². The van der Waals surface area contributed by atoms with Crippen molar-refractivity contribution in [2.24, 2.45) is 11.8 Å². The quantitative estimate of drug-likeness (QED) is 0.353. The van der Waals surface area contributed by atoms with Crippen molar-refractivity contribution in [3.8, 4) is 11.1 Å². The van der Waals surface area contributed by atoms with Crippen LogP contribution < -0.4 is 0 Å². The maximum absolute atomic E-state index is 5.62. The maximum atomic E-state index is 5.62. The first-order valence-electron chi connectivity index (χ1n) is 14.7. The molecule has 0 atom stereocenters. The molecule has 0 unspecified atom stereocenters. The second kappa shape index (κ2) is 9.64. The number of hydrogen-bond donors (Lipinski definition) is 0. The van der Waals surface area contributed by atoms with Gasteiger partial charge in [-0.1, -0.05) is 75.7 Å². The molecule has 6 rings (SSSR count). The SMILES string of the molecule is CCCc1ccc2c3c(cccc13)C(C)(C)c1cc(C3CCC(C4CCC(OC)CC4)CC3)ccc1-2. The predicted molar refractivity (Wildman–Crippen MR) is 153 cm³/mol. The van der Waals surface area contributed by atoms with Gasteiger partial charge in [-0.05, 0) is 120 Å². The van der Waals surface area contributed by atoms with E-state index in [2.05, 4.69) is 69.3 Å². The van der Waals surface area contributed by atoms with Gasteiger partial charge in [0.25, 0.3) is 0 Å². The van der Waals surface area contributed by atoms with Gasteiger partial charge < -0.3 is 4.74 Å². The van der Waals surface area contributed by atoms with E-state index in [1.165, 1.54) is 96.4 Å². The van der Waals surface area contributed by atoms with E-state index in [0.29, 0.717) is 6.10 Å². The Morgan fingerprint density at radius 3 is 2.17 bits per heavy atom. The van der Waals surface area contributed by atoms with E-state index in [1.807, 2.05) is 7.11 Å². The lowest BCUT2D eigenvalue weighted by molar-refractivity contribution is 0.0410. The van der Waals surface area contributed by atoms with Gasteiger partial charge in [0.1, 0.15) is 0 Å². The van der Waals surface area contributed by atoms with Crippen LogP contribution in [0.4, 0.5) is 0 Å². The van der Waals surface area contributed by atoms with E-state index in [9.17, 15) is 0 Å². The largest absolute Gasteiger partial charge is 0.381 e. The maximum Gasteiger partial charge on any atom is 0.0571 e. The van der Waals surface area contributed by atoms with E-state index < -0.39 is 0 Å². The molecular formula is C35H44O. The minimum atomic E-state index is 0.0277. The minimum absolute atomic E-state index is 0.0277. The number of ether oxygens (including phenoxy) is 1. The highest BCUT2D eigenvalue weighted by molar-refractivity contribution is 6.04. The van der Waals surface area contributed by atoms with Gasteiger partial charge in [0, 0.05) is 12.5 Å². The summed E-state index contributed by atoms with van der Waals surface area (Å²) in [6.07, 6.45) is 13.7. The molecule has 0 radical (unpaired) electrons. The zero-order valence-corrected chi connectivity index (χ0v) is 22.9. The Balaban J connectivity index is 1.27. The molecule has 3 aliphatic rings. The fourth-order valence-electron chi connectivity index (χ4n) is 8.13. The Labute approximate surface area is 218 Å². The zero-order chi connectivity index (χ0) is 24.9. The van der Waals surface area contributed by atoms with Crippen LogP contribution >= 0.6 is 0 Å². The smallest absolute Gasteiger partial charge is 0.0571 e. The van der Waals surface area contributed by atoms with Crippen LogP contribution in [0, 0.1) is 11.8 Å². The van der Waals surface area contributed by atoms with Crippen LogP contribution in [0.1, 0.15) is 107 Å². The highest BCUT2D eigenvalue weighted by atomic mass is 16.5. The zero-order valence-electron chi connectivity index (χ0n) is 22.9. The van der Waals surface area contributed by atoms with Crippen LogP contribution in [-0.2, 0) is 16.6 Å². The number of hydrogen-bond acceptors (Lipinski definition) is 1. The summed E-state index contributed by atoms with van der Waals surface area (Å²) in [4.78, 5) is 0. The highest BCUT2D eigenvalue weighted by Crippen LogP contribution is 2.51. The van der Waals surface area contributed by atoms with E-state index >= 15 is 0 Å². The van der Waals surface area contributed by atoms with Crippen molar-refractivity contribution in [1.82, 2.24) is 0 Å². The molecule has 36 heavy (non-hydrogen) atoms. The van der Waals surface area contributed by atoms with Gasteiger partial charge in [0.05, 0.1) is 6.10 Å². The average molecular weight is 481 g/mol. The van der Waals surface area contributed by atoms with Crippen LogP contribution in [0.3, 0.4) is 0 Å². The second-order valence-corrected chi connectivity index (χ2v) is 12.6. The first-order chi connectivity index (χ1) is 17.5. The van der Waals surface area contributed by atoms with Crippen LogP contribution in [0.15, 0.2) is 48.5 Å². The lowest BCUT2D eigenvalue weighted by atomic mass is 9.66. The molecule has 3 aromatic carbocycles. The van der Waals surface area contributed by atoms with Crippen molar-refractivity contribution in [3.63, 3.8) is 0 Å². The Morgan fingerprint density at radius 2 is 1.47 bits per heavy atom. The first kappa shape index (κ1) is 24.2. The van der Waals surface area contributed by atoms with Gasteiger partial charge in [-0.2, -0.15) is 0 Å². The summed E-state index contributed by atoms with van der Waals surface area (Å²) in [5.74, 6) is 2.60. The molecule has 0 N–H and O–H groups in total. The molecule has 2 saturated carbocycles. The molecule has 0 aliphatic heterocycles. The third-order valence-electron chi connectivity index (χ3n) is 10.3. The molecule has 2 fully saturated rings. The monoisotopic (exact) mass is 480 g/mol. The molecule has 190 valence electrons. The summed E-state index contributed by atoms with van der Waals surface area (Å²) >= 11 is 0. The molecule has 0 bridgehead atoms. The van der Waals surface area contributed by atoms with Crippen molar-refractivity contribution >= 4 is 10.8 Å². The van der Waals surface area contributed by atoms with Crippen molar-refractivity contribution in [1.29, 1.82) is 0 Å². The van der Waals surface area contributed by atoms with Crippen molar-refractivity contribution in [2.45, 2.75) is 102 Å². The molecule has 0 aromatic heterocycles. The standard InChI is InChI=1S/C35H44O/c1-5-7-26-16-21-31-30-20-17-27(22-33(30)35(2,3)32-9-6-8-29(26)34(31)32)25-12-10-23(11-13-25)24-14-18-28(36-4)19-15-24/h6,8-9,16-17,20-25,28H,5,7,10-15,18-19H2,1-4H3. The normalized spacial score (nSPS) is 27.1. The van der Waals surface area contributed by atoms with Crippen LogP contribution in [-0.4, -0.2) is 13.2 Å². The lowest BCUT2D eigenvalue weighted by Gasteiger charge is -2.39. The molecule has 0 spiro atoms. The second-order valence-electron chi connectivity index (χ2n) is 12.6. The van der Waals surface area contributed by atoms with Gasteiger partial charge >= 0.3 is 0 Å². The molecule has 1 nitrogen and oxygen atoms in total. The molecule has 0 heterocycles. The van der Waals surface area contributed by atoms with E-state index in [-0.39, 0.29) is 5.41 Å². The summed E-state index contributed by atoms with van der Waals surface area (Å²) in [5, 5.41) is 2.96. The Hall–Kier alpha value is -2.12. The highest BCUT2D eigenvalue weighted by Gasteiger charge is 2.35. The average Bonchev–Trinajstić information content (AvgIpc) is 2.92. The minimum Gasteiger partial charge on any atom is -0.381 e. The first-order valence-corrected chi connectivity index (χ1v) is 14.7. The number of rotatable bonds is 5. The summed E-state index contributed by atoms with van der Waals surface area (Å²) < 4.78 is 5.62. The van der Waals surface area contributed by atoms with Gasteiger partial charge in [-0.15, -0.1) is 0 Å². The molecule has 1 heteroatoms. The molecule has 0 amide bonds. The van der Waals surface area contributed by atoms with Crippen LogP contribution in [0.5, 0.6) is 0 Å². The topological polar surface area (TPSA) is 9.23 Å². The van der Waals surface area contributed by atoms with Gasteiger partial charge in [-0.25, -0.2) is 0 Å². The van der Waals surface area contributed by atoms with Crippen molar-refractivity contribution in [3.05, 3.63) is 70.8 Å². The number of benzene rings is 3. The third-order valence-corrected chi connectivity index (χ3v) is 10.3. The van der Waals surface area contributed by atoms with Crippen LogP contribution in [0.2, 0.25) is 0 Å². The Bertz CT molecular complexity index is 1230. The summed E-state index contributed by atoms with van der Waals surface area (Å²) in [6, 6.07) is 19.4. The van der Waals surface area contributed by atoms with E-state index in [0.717, 1.165) is 24.2 Å². The lowest BCUT2D eigenvalue weighted by Crippen LogP contribution is -2.28. The van der Waals surface area contributed by atoms with Gasteiger partial charge in [0.15, 0.2) is 0 Å². The Kier molecular flexibility index (Phi) is 6.49. The number of fused-ring (bicyclic) bond motifs is 2. The molecular weight excluding hydrogens is 436 g/mol. The summed E-state index contributed by atoms with van der Waals surface area (Å²) in [6.45, 7) is 7.19.